The smallest absolute Gasteiger partial charge is 0.170 e. The van der Waals surface area contributed by atoms with Crippen LogP contribution < -0.4 is 0 Å². The first-order chi connectivity index (χ1) is 6.74. The van der Waals surface area contributed by atoms with E-state index >= 15 is 0 Å². The predicted octanol–water partition coefficient (Wildman–Crippen LogP) is 2.16. The molecule has 1 heterocycles. The van der Waals surface area contributed by atoms with Gasteiger partial charge in [0, 0.05) is 17.3 Å². The Morgan fingerprint density at radius 1 is 1.36 bits per heavy atom. The molecule has 0 aromatic carbocycles. The van der Waals surface area contributed by atoms with Crippen LogP contribution in [0.25, 0.3) is 0 Å². The summed E-state index contributed by atoms with van der Waals surface area (Å²) in [5.74, 6) is 0. The van der Waals surface area contributed by atoms with Crippen LogP contribution in [0.4, 0.5) is 0 Å². The molecule has 0 unspecified atom stereocenters. The number of aromatic nitrogens is 2. The zero-order chi connectivity index (χ0) is 10.1. The van der Waals surface area contributed by atoms with Gasteiger partial charge in [-0.25, -0.2) is 0 Å². The second kappa shape index (κ2) is 3.56. The number of hydrogen-bond acceptors (Lipinski definition) is 2. The summed E-state index contributed by atoms with van der Waals surface area (Å²) in [7, 11) is 0. The highest BCUT2D eigenvalue weighted by Gasteiger charge is 2.21. The SMILES string of the molecule is CC(C)n1nc(C=O)c2c1CCCC2. The van der Waals surface area contributed by atoms with Crippen LogP contribution in [0.5, 0.6) is 0 Å². The summed E-state index contributed by atoms with van der Waals surface area (Å²) in [6.07, 6.45) is 5.41. The minimum atomic E-state index is 0.357. The molecule has 0 N–H and O–H groups in total. The molecule has 0 saturated heterocycles. The van der Waals surface area contributed by atoms with E-state index in [4.69, 9.17) is 0 Å². The summed E-state index contributed by atoms with van der Waals surface area (Å²) in [5, 5.41) is 4.36. The second-order valence-corrected chi connectivity index (χ2v) is 4.17. The van der Waals surface area contributed by atoms with Gasteiger partial charge in [0.1, 0.15) is 5.69 Å². The summed E-state index contributed by atoms with van der Waals surface area (Å²) in [4.78, 5) is 10.8. The Balaban J connectivity index is 2.52. The number of fused-ring (bicyclic) bond motifs is 1. The fourth-order valence-electron chi connectivity index (χ4n) is 2.18. The van der Waals surface area contributed by atoms with E-state index in [9.17, 15) is 4.79 Å². The first kappa shape index (κ1) is 9.44. The van der Waals surface area contributed by atoms with Gasteiger partial charge in [0.05, 0.1) is 0 Å². The molecule has 0 saturated carbocycles. The van der Waals surface area contributed by atoms with E-state index in [1.54, 1.807) is 0 Å². The van der Waals surface area contributed by atoms with Gasteiger partial charge in [0.15, 0.2) is 6.29 Å². The Morgan fingerprint density at radius 3 is 2.71 bits per heavy atom. The zero-order valence-electron chi connectivity index (χ0n) is 8.79. The molecule has 0 bridgehead atoms. The lowest BCUT2D eigenvalue weighted by molar-refractivity contribution is 0.111. The molecule has 0 aliphatic heterocycles. The molecule has 3 heteroatoms. The molecule has 0 atom stereocenters. The molecule has 3 nitrogen and oxygen atoms in total. The molecular weight excluding hydrogens is 176 g/mol. The molecule has 2 rings (SSSR count). The van der Waals surface area contributed by atoms with E-state index < -0.39 is 0 Å². The maximum Gasteiger partial charge on any atom is 0.170 e. The van der Waals surface area contributed by atoms with Crippen LogP contribution in [0.3, 0.4) is 0 Å². The molecule has 0 radical (unpaired) electrons. The Morgan fingerprint density at radius 2 is 2.07 bits per heavy atom. The van der Waals surface area contributed by atoms with Gasteiger partial charge in [-0.3, -0.25) is 9.48 Å². The number of aldehydes is 1. The van der Waals surface area contributed by atoms with Crippen LogP contribution in [-0.2, 0) is 12.8 Å². The highest BCUT2D eigenvalue weighted by molar-refractivity contribution is 5.75. The molecule has 1 aliphatic rings. The number of rotatable bonds is 2. The van der Waals surface area contributed by atoms with Gasteiger partial charge in [-0.1, -0.05) is 0 Å². The third kappa shape index (κ3) is 1.37. The van der Waals surface area contributed by atoms with Crippen molar-refractivity contribution in [3.63, 3.8) is 0 Å². The summed E-state index contributed by atoms with van der Waals surface area (Å²) in [5.41, 5.74) is 3.14. The molecule has 1 aromatic rings. The molecule has 0 fully saturated rings. The summed E-state index contributed by atoms with van der Waals surface area (Å²) in [6, 6.07) is 0.357. The van der Waals surface area contributed by atoms with Crippen LogP contribution in [0.2, 0.25) is 0 Å². The fourth-order valence-corrected chi connectivity index (χ4v) is 2.18. The van der Waals surface area contributed by atoms with Crippen LogP contribution >= 0.6 is 0 Å². The average molecular weight is 192 g/mol. The Hall–Kier alpha value is -1.12. The van der Waals surface area contributed by atoms with Gasteiger partial charge >= 0.3 is 0 Å². The third-order valence-corrected chi connectivity index (χ3v) is 2.84. The average Bonchev–Trinajstić information content (AvgIpc) is 2.56. The molecule has 76 valence electrons. The van der Waals surface area contributed by atoms with Crippen molar-refractivity contribution >= 4 is 6.29 Å². The quantitative estimate of drug-likeness (QED) is 0.673. The molecule has 14 heavy (non-hydrogen) atoms. The normalized spacial score (nSPS) is 15.6. The van der Waals surface area contributed by atoms with Gasteiger partial charge in [-0.2, -0.15) is 5.10 Å². The third-order valence-electron chi connectivity index (χ3n) is 2.84. The number of nitrogens with zero attached hydrogens (tertiary/aromatic N) is 2. The minimum absolute atomic E-state index is 0.357. The van der Waals surface area contributed by atoms with E-state index in [1.807, 2.05) is 4.68 Å². The zero-order valence-corrected chi connectivity index (χ0v) is 8.79. The predicted molar refractivity (Wildman–Crippen MR) is 54.6 cm³/mol. The number of carbonyl (C=O) groups excluding carboxylic acids is 1. The van der Waals surface area contributed by atoms with E-state index in [-0.39, 0.29) is 0 Å². The van der Waals surface area contributed by atoms with Gasteiger partial charge in [-0.05, 0) is 39.5 Å². The van der Waals surface area contributed by atoms with Crippen molar-refractivity contribution in [3.8, 4) is 0 Å². The van der Waals surface area contributed by atoms with Crippen molar-refractivity contribution < 1.29 is 4.79 Å². The van der Waals surface area contributed by atoms with Crippen LogP contribution in [0.15, 0.2) is 0 Å². The summed E-state index contributed by atoms with van der Waals surface area (Å²) >= 11 is 0. The highest BCUT2D eigenvalue weighted by atomic mass is 16.1. The van der Waals surface area contributed by atoms with Crippen molar-refractivity contribution in [3.05, 3.63) is 17.0 Å². The van der Waals surface area contributed by atoms with Crippen LogP contribution in [-0.4, -0.2) is 16.1 Å². The van der Waals surface area contributed by atoms with Crippen molar-refractivity contribution in [1.29, 1.82) is 0 Å². The van der Waals surface area contributed by atoms with E-state index in [2.05, 4.69) is 18.9 Å². The van der Waals surface area contributed by atoms with E-state index in [0.29, 0.717) is 11.7 Å². The Kier molecular flexibility index (Phi) is 2.40. The number of carbonyl (C=O) groups is 1. The number of hydrogen-bond donors (Lipinski definition) is 0. The Bertz CT molecular complexity index is 352. The van der Waals surface area contributed by atoms with Crippen molar-refractivity contribution in [2.24, 2.45) is 0 Å². The topological polar surface area (TPSA) is 34.9 Å². The monoisotopic (exact) mass is 192 g/mol. The van der Waals surface area contributed by atoms with Crippen LogP contribution in [0.1, 0.15) is 54.5 Å². The standard InChI is InChI=1S/C11H16N2O/c1-8(2)13-11-6-4-3-5-9(11)10(7-14)12-13/h7-8H,3-6H2,1-2H3. The molecule has 1 aromatic heterocycles. The Labute approximate surface area is 84.1 Å². The van der Waals surface area contributed by atoms with Crippen molar-refractivity contribution in [2.75, 3.05) is 0 Å². The molecule has 1 aliphatic carbocycles. The van der Waals surface area contributed by atoms with E-state index in [1.165, 1.54) is 24.1 Å². The second-order valence-electron chi connectivity index (χ2n) is 4.17. The van der Waals surface area contributed by atoms with Crippen LogP contribution in [0, 0.1) is 0 Å². The minimum Gasteiger partial charge on any atom is -0.296 e. The highest BCUT2D eigenvalue weighted by Crippen LogP contribution is 2.25. The molecular formula is C11H16N2O. The van der Waals surface area contributed by atoms with Gasteiger partial charge < -0.3 is 0 Å². The van der Waals surface area contributed by atoms with Gasteiger partial charge in [-0.15, -0.1) is 0 Å². The van der Waals surface area contributed by atoms with Gasteiger partial charge in [0.2, 0.25) is 0 Å². The lowest BCUT2D eigenvalue weighted by Gasteiger charge is -2.15. The maximum atomic E-state index is 10.8. The van der Waals surface area contributed by atoms with E-state index in [0.717, 1.165) is 19.1 Å². The lowest BCUT2D eigenvalue weighted by atomic mass is 9.96. The lowest BCUT2D eigenvalue weighted by Crippen LogP contribution is -2.11. The largest absolute Gasteiger partial charge is 0.296 e. The van der Waals surface area contributed by atoms with Crippen molar-refractivity contribution in [2.45, 2.75) is 45.6 Å². The first-order valence-electron chi connectivity index (χ1n) is 5.29. The first-order valence-corrected chi connectivity index (χ1v) is 5.29. The maximum absolute atomic E-state index is 10.8. The molecule has 0 spiro atoms. The fraction of sp³-hybridized carbons (Fsp3) is 0.636. The van der Waals surface area contributed by atoms with Crippen molar-refractivity contribution in [1.82, 2.24) is 9.78 Å². The summed E-state index contributed by atoms with van der Waals surface area (Å²) < 4.78 is 2.01. The molecule has 0 amide bonds. The van der Waals surface area contributed by atoms with Gasteiger partial charge in [0.25, 0.3) is 0 Å². The summed E-state index contributed by atoms with van der Waals surface area (Å²) in [6.45, 7) is 4.22.